The van der Waals surface area contributed by atoms with Crippen LogP contribution in [-0.4, -0.2) is 6.04 Å². The Labute approximate surface area is 113 Å². The van der Waals surface area contributed by atoms with Crippen LogP contribution in [0.2, 0.25) is 0 Å². The molecule has 0 unspecified atom stereocenters. The lowest BCUT2D eigenvalue weighted by molar-refractivity contribution is 0.304. The summed E-state index contributed by atoms with van der Waals surface area (Å²) in [6.45, 7) is 4.63. The van der Waals surface area contributed by atoms with Gasteiger partial charge in [0.2, 0.25) is 0 Å². The Morgan fingerprint density at radius 1 is 1.11 bits per heavy atom. The van der Waals surface area contributed by atoms with Gasteiger partial charge in [-0.3, -0.25) is 0 Å². The first-order chi connectivity index (χ1) is 9.13. The lowest BCUT2D eigenvalue weighted by atomic mass is 10.2. The van der Waals surface area contributed by atoms with E-state index in [4.69, 9.17) is 4.74 Å². The highest BCUT2D eigenvalue weighted by atomic mass is 19.1. The van der Waals surface area contributed by atoms with Crippen LogP contribution in [0.1, 0.15) is 19.4 Å². The van der Waals surface area contributed by atoms with Crippen molar-refractivity contribution in [3.05, 3.63) is 59.9 Å². The first kappa shape index (κ1) is 13.4. The molecule has 2 nitrogen and oxygen atoms in total. The summed E-state index contributed by atoms with van der Waals surface area (Å²) < 4.78 is 18.5. The predicted molar refractivity (Wildman–Crippen MR) is 75.9 cm³/mol. The highest BCUT2D eigenvalue weighted by Crippen LogP contribution is 2.16. The molecule has 0 heterocycles. The molecule has 0 saturated carbocycles. The molecule has 0 saturated heterocycles. The summed E-state index contributed by atoms with van der Waals surface area (Å²) >= 11 is 0. The standard InChI is InChI=1S/C16H18FNO/c1-12(2)18-15-8-6-13(7-9-15)11-19-16-5-3-4-14(17)10-16/h3-10,12,18H,11H2,1-2H3. The molecule has 2 aromatic carbocycles. The van der Waals surface area contributed by atoms with E-state index in [1.807, 2.05) is 24.3 Å². The second kappa shape index (κ2) is 6.23. The minimum atomic E-state index is -0.283. The Morgan fingerprint density at radius 2 is 1.84 bits per heavy atom. The van der Waals surface area contributed by atoms with Crippen LogP contribution in [0.5, 0.6) is 5.75 Å². The summed E-state index contributed by atoms with van der Waals surface area (Å²) in [7, 11) is 0. The molecule has 19 heavy (non-hydrogen) atoms. The molecule has 0 aliphatic carbocycles. The van der Waals surface area contributed by atoms with Gasteiger partial charge in [-0.15, -0.1) is 0 Å². The minimum absolute atomic E-state index is 0.283. The van der Waals surface area contributed by atoms with E-state index in [0.29, 0.717) is 18.4 Å². The van der Waals surface area contributed by atoms with Crippen molar-refractivity contribution in [2.24, 2.45) is 0 Å². The van der Waals surface area contributed by atoms with E-state index in [2.05, 4.69) is 19.2 Å². The van der Waals surface area contributed by atoms with Crippen molar-refractivity contribution < 1.29 is 9.13 Å². The summed E-state index contributed by atoms with van der Waals surface area (Å²) in [6, 6.07) is 14.6. The van der Waals surface area contributed by atoms with E-state index in [1.54, 1.807) is 12.1 Å². The molecule has 0 aliphatic heterocycles. The maximum absolute atomic E-state index is 13.0. The number of rotatable bonds is 5. The van der Waals surface area contributed by atoms with E-state index >= 15 is 0 Å². The van der Waals surface area contributed by atoms with Crippen LogP contribution in [0.3, 0.4) is 0 Å². The lowest BCUT2D eigenvalue weighted by Gasteiger charge is -2.11. The number of anilines is 1. The zero-order valence-electron chi connectivity index (χ0n) is 11.2. The molecule has 0 radical (unpaired) electrons. The van der Waals surface area contributed by atoms with Gasteiger partial charge in [-0.05, 0) is 43.7 Å². The number of hydrogen-bond donors (Lipinski definition) is 1. The summed E-state index contributed by atoms with van der Waals surface area (Å²) in [5.41, 5.74) is 2.14. The SMILES string of the molecule is CC(C)Nc1ccc(COc2cccc(F)c2)cc1. The average molecular weight is 259 g/mol. The normalized spacial score (nSPS) is 10.5. The fourth-order valence-corrected chi connectivity index (χ4v) is 1.75. The summed E-state index contributed by atoms with van der Waals surface area (Å²) in [5.74, 6) is 0.262. The molecule has 0 spiro atoms. The highest BCUT2D eigenvalue weighted by Gasteiger charge is 1.99. The molecule has 0 aromatic heterocycles. The number of nitrogens with one attached hydrogen (secondary N) is 1. The van der Waals surface area contributed by atoms with Crippen molar-refractivity contribution >= 4 is 5.69 Å². The van der Waals surface area contributed by atoms with Crippen LogP contribution < -0.4 is 10.1 Å². The van der Waals surface area contributed by atoms with Gasteiger partial charge in [-0.25, -0.2) is 4.39 Å². The van der Waals surface area contributed by atoms with Gasteiger partial charge < -0.3 is 10.1 Å². The molecule has 0 amide bonds. The fraction of sp³-hybridized carbons (Fsp3) is 0.250. The Hall–Kier alpha value is -2.03. The van der Waals surface area contributed by atoms with Crippen molar-refractivity contribution in [1.82, 2.24) is 0 Å². The van der Waals surface area contributed by atoms with Crippen molar-refractivity contribution in [3.8, 4) is 5.75 Å². The van der Waals surface area contributed by atoms with Gasteiger partial charge in [0.05, 0.1) is 0 Å². The van der Waals surface area contributed by atoms with E-state index in [1.165, 1.54) is 12.1 Å². The first-order valence-corrected chi connectivity index (χ1v) is 6.37. The van der Waals surface area contributed by atoms with Crippen LogP contribution in [0, 0.1) is 5.82 Å². The van der Waals surface area contributed by atoms with Crippen molar-refractivity contribution in [2.45, 2.75) is 26.5 Å². The molecule has 0 fully saturated rings. The smallest absolute Gasteiger partial charge is 0.126 e. The summed E-state index contributed by atoms with van der Waals surface area (Å²) in [4.78, 5) is 0. The molecule has 100 valence electrons. The van der Waals surface area contributed by atoms with Crippen molar-refractivity contribution in [3.63, 3.8) is 0 Å². The second-order valence-electron chi connectivity index (χ2n) is 4.74. The first-order valence-electron chi connectivity index (χ1n) is 6.37. The van der Waals surface area contributed by atoms with Crippen molar-refractivity contribution in [1.29, 1.82) is 0 Å². The second-order valence-corrected chi connectivity index (χ2v) is 4.74. The molecule has 0 aliphatic rings. The minimum Gasteiger partial charge on any atom is -0.489 e. The monoisotopic (exact) mass is 259 g/mol. The molecule has 0 atom stereocenters. The van der Waals surface area contributed by atoms with Crippen LogP contribution in [-0.2, 0) is 6.61 Å². The topological polar surface area (TPSA) is 21.3 Å². The molecule has 3 heteroatoms. The zero-order chi connectivity index (χ0) is 13.7. The van der Waals surface area contributed by atoms with Crippen LogP contribution in [0.15, 0.2) is 48.5 Å². The van der Waals surface area contributed by atoms with Gasteiger partial charge in [0.15, 0.2) is 0 Å². The molecule has 2 aromatic rings. The number of hydrogen-bond acceptors (Lipinski definition) is 2. The van der Waals surface area contributed by atoms with Gasteiger partial charge in [0.25, 0.3) is 0 Å². The Kier molecular flexibility index (Phi) is 4.39. The maximum atomic E-state index is 13.0. The average Bonchev–Trinajstić information content (AvgIpc) is 2.37. The van der Waals surface area contributed by atoms with Gasteiger partial charge in [0.1, 0.15) is 18.2 Å². The third-order valence-corrected chi connectivity index (χ3v) is 2.61. The summed E-state index contributed by atoms with van der Waals surface area (Å²) in [5, 5.41) is 3.32. The van der Waals surface area contributed by atoms with E-state index < -0.39 is 0 Å². The van der Waals surface area contributed by atoms with E-state index in [0.717, 1.165) is 11.3 Å². The molecular formula is C16H18FNO. The number of ether oxygens (including phenoxy) is 1. The highest BCUT2D eigenvalue weighted by molar-refractivity contribution is 5.45. The maximum Gasteiger partial charge on any atom is 0.126 e. The van der Waals surface area contributed by atoms with Crippen LogP contribution in [0.25, 0.3) is 0 Å². The third kappa shape index (κ3) is 4.28. The molecule has 1 N–H and O–H groups in total. The fourth-order valence-electron chi connectivity index (χ4n) is 1.75. The number of halogens is 1. The van der Waals surface area contributed by atoms with Gasteiger partial charge in [-0.1, -0.05) is 18.2 Å². The largest absolute Gasteiger partial charge is 0.489 e. The third-order valence-electron chi connectivity index (χ3n) is 2.61. The van der Waals surface area contributed by atoms with Crippen LogP contribution >= 0.6 is 0 Å². The Balaban J connectivity index is 1.93. The van der Waals surface area contributed by atoms with E-state index in [-0.39, 0.29) is 5.82 Å². The Morgan fingerprint density at radius 3 is 2.47 bits per heavy atom. The molecule has 2 rings (SSSR count). The number of benzene rings is 2. The van der Waals surface area contributed by atoms with Gasteiger partial charge >= 0.3 is 0 Å². The lowest BCUT2D eigenvalue weighted by Crippen LogP contribution is -2.09. The quantitative estimate of drug-likeness (QED) is 0.867. The summed E-state index contributed by atoms with van der Waals surface area (Å²) in [6.07, 6.45) is 0. The molecular weight excluding hydrogens is 241 g/mol. The predicted octanol–water partition coefficient (Wildman–Crippen LogP) is 4.23. The van der Waals surface area contributed by atoms with Gasteiger partial charge in [-0.2, -0.15) is 0 Å². The zero-order valence-corrected chi connectivity index (χ0v) is 11.2. The van der Waals surface area contributed by atoms with Crippen LogP contribution in [0.4, 0.5) is 10.1 Å². The molecule has 0 bridgehead atoms. The Bertz CT molecular complexity index is 523. The van der Waals surface area contributed by atoms with E-state index in [9.17, 15) is 4.39 Å². The van der Waals surface area contributed by atoms with Gasteiger partial charge in [0, 0.05) is 17.8 Å². The van der Waals surface area contributed by atoms with Crippen molar-refractivity contribution in [2.75, 3.05) is 5.32 Å².